The van der Waals surface area contributed by atoms with Crippen LogP contribution in [0.15, 0.2) is 29.6 Å². The molecule has 4 heteroatoms. The smallest absolute Gasteiger partial charge is 0.287 e. The summed E-state index contributed by atoms with van der Waals surface area (Å²) in [5.74, 6) is 0. The summed E-state index contributed by atoms with van der Waals surface area (Å²) in [4.78, 5) is 10.8. The third kappa shape index (κ3) is 2.69. The van der Waals surface area contributed by atoms with Crippen LogP contribution < -0.4 is 5.32 Å². The highest BCUT2D eigenvalue weighted by Crippen LogP contribution is 2.34. The van der Waals surface area contributed by atoms with E-state index in [1.54, 1.807) is 11.3 Å². The maximum absolute atomic E-state index is 10.9. The number of benzene rings is 1. The van der Waals surface area contributed by atoms with Gasteiger partial charge in [-0.15, -0.1) is 11.3 Å². The first-order valence-corrected chi connectivity index (χ1v) is 7.08. The Morgan fingerprint density at radius 1 is 1.41 bits per heavy atom. The first-order valence-electron chi connectivity index (χ1n) is 5.41. The minimum atomic E-state index is -0.162. The van der Waals surface area contributed by atoms with Crippen LogP contribution in [-0.4, -0.2) is 11.4 Å². The SMILES string of the molecule is CC(C)(CNC(=O)Br)c1csc2ccccc12. The summed E-state index contributed by atoms with van der Waals surface area (Å²) in [7, 11) is 0. The van der Waals surface area contributed by atoms with Crippen LogP contribution >= 0.6 is 27.3 Å². The van der Waals surface area contributed by atoms with Crippen molar-refractivity contribution in [1.29, 1.82) is 0 Å². The standard InChI is InChI=1S/C13H14BrNOS/c1-13(2,8-15-12(14)16)10-7-17-11-6-4-3-5-9(10)11/h3-7H,8H2,1-2H3,(H,15,16). The molecule has 0 saturated carbocycles. The summed E-state index contributed by atoms with van der Waals surface area (Å²) in [5.41, 5.74) is 1.22. The van der Waals surface area contributed by atoms with Crippen molar-refractivity contribution in [2.75, 3.05) is 6.54 Å². The summed E-state index contributed by atoms with van der Waals surface area (Å²) in [5, 5.41) is 6.29. The van der Waals surface area contributed by atoms with Gasteiger partial charge in [0.2, 0.25) is 0 Å². The molecule has 0 aliphatic heterocycles. The molecule has 0 aliphatic carbocycles. The van der Waals surface area contributed by atoms with E-state index in [0.29, 0.717) is 6.54 Å². The number of hydrogen-bond acceptors (Lipinski definition) is 2. The highest BCUT2D eigenvalue weighted by molar-refractivity contribution is 9.18. The van der Waals surface area contributed by atoms with Gasteiger partial charge < -0.3 is 5.32 Å². The molecule has 2 nitrogen and oxygen atoms in total. The largest absolute Gasteiger partial charge is 0.346 e. The molecule has 0 atom stereocenters. The first-order chi connectivity index (χ1) is 8.00. The molecule has 2 aromatic rings. The minimum Gasteiger partial charge on any atom is -0.346 e. The maximum atomic E-state index is 10.9. The van der Waals surface area contributed by atoms with Crippen LogP contribution in [0.3, 0.4) is 0 Å². The molecule has 2 rings (SSSR count). The average molecular weight is 312 g/mol. The third-order valence-electron chi connectivity index (χ3n) is 2.88. The Morgan fingerprint density at radius 2 is 2.12 bits per heavy atom. The van der Waals surface area contributed by atoms with Crippen molar-refractivity contribution in [3.05, 3.63) is 35.2 Å². The van der Waals surface area contributed by atoms with E-state index in [1.165, 1.54) is 15.6 Å². The Morgan fingerprint density at radius 3 is 2.82 bits per heavy atom. The Hall–Kier alpha value is -0.870. The van der Waals surface area contributed by atoms with Gasteiger partial charge in [0.1, 0.15) is 0 Å². The molecule has 0 saturated heterocycles. The van der Waals surface area contributed by atoms with Crippen molar-refractivity contribution >= 4 is 42.2 Å². The number of rotatable bonds is 3. The topological polar surface area (TPSA) is 29.1 Å². The fraction of sp³-hybridized carbons (Fsp3) is 0.308. The molecule has 0 unspecified atom stereocenters. The van der Waals surface area contributed by atoms with Gasteiger partial charge in [-0.2, -0.15) is 0 Å². The van der Waals surface area contributed by atoms with Gasteiger partial charge in [-0.1, -0.05) is 32.0 Å². The monoisotopic (exact) mass is 311 g/mol. The molecule has 0 radical (unpaired) electrons. The molecule has 0 bridgehead atoms. The molecule has 0 aliphatic rings. The normalized spacial score (nSPS) is 11.7. The lowest BCUT2D eigenvalue weighted by Gasteiger charge is -2.24. The van der Waals surface area contributed by atoms with Crippen molar-refractivity contribution in [3.8, 4) is 0 Å². The Balaban J connectivity index is 2.35. The highest BCUT2D eigenvalue weighted by atomic mass is 79.9. The second kappa shape index (κ2) is 4.78. The summed E-state index contributed by atoms with van der Waals surface area (Å²) in [6, 6.07) is 8.37. The first kappa shape index (κ1) is 12.6. The average Bonchev–Trinajstić information content (AvgIpc) is 2.71. The molecule has 1 aromatic heterocycles. The van der Waals surface area contributed by atoms with E-state index in [0.717, 1.165) is 0 Å². The second-order valence-electron chi connectivity index (χ2n) is 4.66. The number of carbonyl (C=O) groups excluding carboxylic acids is 1. The molecule has 1 aromatic carbocycles. The fourth-order valence-corrected chi connectivity index (χ4v) is 3.18. The second-order valence-corrected chi connectivity index (χ2v) is 6.29. The van der Waals surface area contributed by atoms with E-state index in [-0.39, 0.29) is 10.2 Å². The van der Waals surface area contributed by atoms with Crippen molar-refractivity contribution in [2.24, 2.45) is 0 Å². The van der Waals surface area contributed by atoms with Gasteiger partial charge >= 0.3 is 0 Å². The number of halogens is 1. The Bertz CT molecular complexity index is 547. The van der Waals surface area contributed by atoms with E-state index < -0.39 is 0 Å². The molecule has 0 fully saturated rings. The van der Waals surface area contributed by atoms with Crippen LogP contribution in [0.25, 0.3) is 10.1 Å². The maximum Gasteiger partial charge on any atom is 0.287 e. The summed E-state index contributed by atoms with van der Waals surface area (Å²) in [6.45, 7) is 4.91. The fourth-order valence-electron chi connectivity index (χ4n) is 1.89. The Labute approximate surface area is 113 Å². The van der Waals surface area contributed by atoms with Crippen LogP contribution in [0.1, 0.15) is 19.4 Å². The van der Waals surface area contributed by atoms with E-state index in [4.69, 9.17) is 0 Å². The van der Waals surface area contributed by atoms with Crippen LogP contribution in [0.5, 0.6) is 0 Å². The van der Waals surface area contributed by atoms with Crippen molar-refractivity contribution in [3.63, 3.8) is 0 Å². The molecule has 1 N–H and O–H groups in total. The van der Waals surface area contributed by atoms with Gasteiger partial charge in [0, 0.05) is 32.6 Å². The summed E-state index contributed by atoms with van der Waals surface area (Å²) >= 11 is 4.64. The lowest BCUT2D eigenvalue weighted by Crippen LogP contribution is -2.33. The number of hydrogen-bond donors (Lipinski definition) is 1. The van der Waals surface area contributed by atoms with Crippen molar-refractivity contribution in [1.82, 2.24) is 5.32 Å². The van der Waals surface area contributed by atoms with Crippen LogP contribution in [0, 0.1) is 0 Å². The van der Waals surface area contributed by atoms with Gasteiger partial charge in [0.25, 0.3) is 4.82 Å². The van der Waals surface area contributed by atoms with Crippen LogP contribution in [-0.2, 0) is 5.41 Å². The predicted octanol–water partition coefficient (Wildman–Crippen LogP) is 4.28. The third-order valence-corrected chi connectivity index (χ3v) is 4.12. The van der Waals surface area contributed by atoms with E-state index in [2.05, 4.69) is 64.7 Å². The number of nitrogens with one attached hydrogen (secondary N) is 1. The van der Waals surface area contributed by atoms with Crippen LogP contribution in [0.4, 0.5) is 4.79 Å². The van der Waals surface area contributed by atoms with Crippen LogP contribution in [0.2, 0.25) is 0 Å². The molecule has 17 heavy (non-hydrogen) atoms. The van der Waals surface area contributed by atoms with Gasteiger partial charge in [0.05, 0.1) is 0 Å². The van der Waals surface area contributed by atoms with Gasteiger partial charge in [-0.25, -0.2) is 0 Å². The van der Waals surface area contributed by atoms with Gasteiger partial charge in [0.15, 0.2) is 0 Å². The molecule has 1 amide bonds. The van der Waals surface area contributed by atoms with Gasteiger partial charge in [-0.3, -0.25) is 4.79 Å². The predicted molar refractivity (Wildman–Crippen MR) is 77.2 cm³/mol. The number of fused-ring (bicyclic) bond motifs is 1. The van der Waals surface area contributed by atoms with E-state index in [9.17, 15) is 4.79 Å². The molecular weight excluding hydrogens is 298 g/mol. The van der Waals surface area contributed by atoms with Crippen molar-refractivity contribution in [2.45, 2.75) is 19.3 Å². The zero-order valence-electron chi connectivity index (χ0n) is 9.79. The molecular formula is C13H14BrNOS. The van der Waals surface area contributed by atoms with E-state index in [1.807, 2.05) is 0 Å². The summed E-state index contributed by atoms with van der Waals surface area (Å²) < 4.78 is 1.29. The highest BCUT2D eigenvalue weighted by Gasteiger charge is 2.24. The number of thiophene rings is 1. The van der Waals surface area contributed by atoms with E-state index >= 15 is 0 Å². The lowest BCUT2D eigenvalue weighted by molar-refractivity contribution is 0.259. The molecule has 1 heterocycles. The number of carbonyl (C=O) groups is 1. The minimum absolute atomic E-state index is 0.0664. The summed E-state index contributed by atoms with van der Waals surface area (Å²) in [6.07, 6.45) is 0. The molecule has 90 valence electrons. The van der Waals surface area contributed by atoms with Crippen molar-refractivity contribution < 1.29 is 4.79 Å². The Kier molecular flexibility index (Phi) is 3.54. The number of amides is 1. The van der Waals surface area contributed by atoms with Gasteiger partial charge in [-0.05, 0) is 22.4 Å². The zero-order chi connectivity index (χ0) is 12.5. The zero-order valence-corrected chi connectivity index (χ0v) is 12.2. The lowest BCUT2D eigenvalue weighted by atomic mass is 9.84. The quantitative estimate of drug-likeness (QED) is 0.665. The molecule has 0 spiro atoms.